The van der Waals surface area contributed by atoms with E-state index in [-0.39, 0.29) is 5.38 Å². The van der Waals surface area contributed by atoms with Crippen molar-refractivity contribution in [3.05, 3.63) is 24.2 Å². The van der Waals surface area contributed by atoms with Gasteiger partial charge in [-0.15, -0.1) is 11.6 Å². The summed E-state index contributed by atoms with van der Waals surface area (Å²) in [5.74, 6) is 0.941. The number of alkyl halides is 1. The fourth-order valence-electron chi connectivity index (χ4n) is 2.42. The second-order valence-corrected chi connectivity index (χ2v) is 6.17. The summed E-state index contributed by atoms with van der Waals surface area (Å²) in [6, 6.07) is 4.40. The highest BCUT2D eigenvalue weighted by Crippen LogP contribution is 2.57. The van der Waals surface area contributed by atoms with Gasteiger partial charge in [0.05, 0.1) is 5.38 Å². The predicted octanol–water partition coefficient (Wildman–Crippen LogP) is 3.70. The zero-order chi connectivity index (χ0) is 12.2. The van der Waals surface area contributed by atoms with Crippen LogP contribution in [0.25, 0.3) is 11.2 Å². The summed E-state index contributed by atoms with van der Waals surface area (Å²) < 4.78 is 2.23. The molecule has 0 saturated heterocycles. The van der Waals surface area contributed by atoms with Crippen molar-refractivity contribution in [1.82, 2.24) is 14.5 Å². The molecule has 0 N–H and O–H groups in total. The van der Waals surface area contributed by atoms with Crippen LogP contribution in [0.4, 0.5) is 0 Å². The van der Waals surface area contributed by atoms with Gasteiger partial charge in [-0.1, -0.05) is 13.8 Å². The van der Waals surface area contributed by atoms with E-state index >= 15 is 0 Å². The summed E-state index contributed by atoms with van der Waals surface area (Å²) >= 11 is 6.23. The van der Waals surface area contributed by atoms with Crippen LogP contribution in [-0.2, 0) is 0 Å². The van der Waals surface area contributed by atoms with Crippen LogP contribution in [0.2, 0.25) is 0 Å². The van der Waals surface area contributed by atoms with E-state index in [1.165, 1.54) is 6.42 Å². The van der Waals surface area contributed by atoms with E-state index in [0.717, 1.165) is 17.0 Å². The smallest absolute Gasteiger partial charge is 0.160 e. The minimum Gasteiger partial charge on any atom is -0.308 e. The summed E-state index contributed by atoms with van der Waals surface area (Å²) in [5.41, 5.74) is 2.24. The Hall–Kier alpha value is -1.09. The minimum atomic E-state index is -0.0828. The Labute approximate surface area is 106 Å². The molecule has 90 valence electrons. The molecule has 17 heavy (non-hydrogen) atoms. The first-order chi connectivity index (χ1) is 8.00. The van der Waals surface area contributed by atoms with E-state index in [1.807, 2.05) is 25.3 Å². The van der Waals surface area contributed by atoms with Crippen molar-refractivity contribution < 1.29 is 0 Å². The van der Waals surface area contributed by atoms with Crippen LogP contribution in [0.15, 0.2) is 18.3 Å². The molecule has 0 radical (unpaired) electrons. The van der Waals surface area contributed by atoms with E-state index in [1.54, 1.807) is 0 Å². The number of halogens is 1. The van der Waals surface area contributed by atoms with Crippen LogP contribution in [0, 0.1) is 5.41 Å². The Morgan fingerprint density at radius 3 is 2.82 bits per heavy atom. The van der Waals surface area contributed by atoms with Crippen LogP contribution in [0.3, 0.4) is 0 Å². The fourth-order valence-corrected chi connectivity index (χ4v) is 2.57. The molecule has 1 aliphatic rings. The molecule has 2 aromatic heterocycles. The minimum absolute atomic E-state index is 0.0828. The molecule has 0 aliphatic heterocycles. The monoisotopic (exact) mass is 249 g/mol. The highest BCUT2D eigenvalue weighted by atomic mass is 35.5. The van der Waals surface area contributed by atoms with Crippen molar-refractivity contribution in [2.24, 2.45) is 5.41 Å². The van der Waals surface area contributed by atoms with Gasteiger partial charge in [0.2, 0.25) is 0 Å². The third kappa shape index (κ3) is 1.64. The molecule has 0 aromatic carbocycles. The average Bonchev–Trinajstić information content (AvgIpc) is 2.75. The van der Waals surface area contributed by atoms with Gasteiger partial charge >= 0.3 is 0 Å². The Morgan fingerprint density at radius 1 is 1.53 bits per heavy atom. The number of imidazole rings is 1. The van der Waals surface area contributed by atoms with Crippen LogP contribution in [0.1, 0.15) is 44.4 Å². The number of fused-ring (bicyclic) bond motifs is 1. The fraction of sp³-hybridized carbons (Fsp3) is 0.538. The summed E-state index contributed by atoms with van der Waals surface area (Å²) in [6.07, 6.45) is 2.99. The third-order valence-corrected chi connectivity index (χ3v) is 3.80. The van der Waals surface area contributed by atoms with Gasteiger partial charge in [-0.05, 0) is 30.9 Å². The molecule has 3 rings (SSSR count). The highest BCUT2D eigenvalue weighted by Gasteiger charge is 2.49. The summed E-state index contributed by atoms with van der Waals surface area (Å²) in [6.45, 7) is 6.51. The Morgan fingerprint density at radius 2 is 2.24 bits per heavy atom. The van der Waals surface area contributed by atoms with Gasteiger partial charge in [0.1, 0.15) is 11.3 Å². The van der Waals surface area contributed by atoms with Crippen LogP contribution >= 0.6 is 11.6 Å². The summed E-state index contributed by atoms with van der Waals surface area (Å²) in [7, 11) is 0. The van der Waals surface area contributed by atoms with Crippen molar-refractivity contribution >= 4 is 22.8 Å². The number of aromatic nitrogens is 3. The van der Waals surface area contributed by atoms with Gasteiger partial charge in [0.15, 0.2) is 5.65 Å². The molecule has 3 nitrogen and oxygen atoms in total. The second-order valence-electron chi connectivity index (χ2n) is 5.51. The van der Waals surface area contributed by atoms with Gasteiger partial charge in [0.25, 0.3) is 0 Å². The molecule has 2 atom stereocenters. The molecule has 0 amide bonds. The summed E-state index contributed by atoms with van der Waals surface area (Å²) in [4.78, 5) is 9.06. The normalized spacial score (nSPS) is 23.9. The topological polar surface area (TPSA) is 30.7 Å². The maximum atomic E-state index is 6.23. The summed E-state index contributed by atoms with van der Waals surface area (Å²) in [5, 5.41) is -0.0828. The molecular weight excluding hydrogens is 234 g/mol. The number of hydrogen-bond acceptors (Lipinski definition) is 2. The number of nitrogens with zero attached hydrogens (tertiary/aromatic N) is 3. The number of hydrogen-bond donors (Lipinski definition) is 0. The van der Waals surface area contributed by atoms with Gasteiger partial charge in [-0.3, -0.25) is 0 Å². The molecule has 2 aromatic rings. The van der Waals surface area contributed by atoms with E-state index in [4.69, 9.17) is 11.6 Å². The average molecular weight is 250 g/mol. The van der Waals surface area contributed by atoms with Crippen molar-refractivity contribution in [1.29, 1.82) is 0 Å². The van der Waals surface area contributed by atoms with Gasteiger partial charge in [-0.25, -0.2) is 9.97 Å². The van der Waals surface area contributed by atoms with Gasteiger partial charge in [-0.2, -0.15) is 0 Å². The molecular formula is C13H16ClN3. The quantitative estimate of drug-likeness (QED) is 0.760. The zero-order valence-corrected chi connectivity index (χ0v) is 11.1. The van der Waals surface area contributed by atoms with E-state index in [0.29, 0.717) is 11.5 Å². The lowest BCUT2D eigenvalue weighted by molar-refractivity contribution is 0.533. The molecule has 2 heterocycles. The predicted molar refractivity (Wildman–Crippen MR) is 69.2 cm³/mol. The molecule has 0 bridgehead atoms. The SMILES string of the molecule is CC(Cl)c1nc2cccnc2n1C1CC1(C)C. The van der Waals surface area contributed by atoms with Gasteiger partial charge < -0.3 is 4.57 Å². The van der Waals surface area contributed by atoms with Gasteiger partial charge in [0, 0.05) is 12.2 Å². The Kier molecular flexibility index (Phi) is 2.24. The largest absolute Gasteiger partial charge is 0.308 e. The molecule has 1 fully saturated rings. The first kappa shape index (κ1) is 11.0. The van der Waals surface area contributed by atoms with Crippen molar-refractivity contribution in [3.63, 3.8) is 0 Å². The van der Waals surface area contributed by atoms with Crippen LogP contribution < -0.4 is 0 Å². The van der Waals surface area contributed by atoms with Crippen molar-refractivity contribution in [2.45, 2.75) is 38.6 Å². The second kappa shape index (κ2) is 3.45. The van der Waals surface area contributed by atoms with Crippen LogP contribution in [0.5, 0.6) is 0 Å². The van der Waals surface area contributed by atoms with E-state index < -0.39 is 0 Å². The highest BCUT2D eigenvalue weighted by molar-refractivity contribution is 6.20. The van der Waals surface area contributed by atoms with Crippen molar-refractivity contribution in [3.8, 4) is 0 Å². The molecule has 1 saturated carbocycles. The number of pyridine rings is 1. The third-order valence-electron chi connectivity index (χ3n) is 3.60. The molecule has 0 spiro atoms. The first-order valence-corrected chi connectivity index (χ1v) is 6.41. The van der Waals surface area contributed by atoms with Crippen molar-refractivity contribution in [2.75, 3.05) is 0 Å². The standard InChI is InChI=1S/C13H16ClN3/c1-8(14)11-16-9-5-4-6-15-12(9)17(11)10-7-13(10,2)3/h4-6,8,10H,7H2,1-3H3. The Balaban J connectivity index is 2.23. The lowest BCUT2D eigenvalue weighted by atomic mass is 10.2. The maximum absolute atomic E-state index is 6.23. The number of rotatable bonds is 2. The van der Waals surface area contributed by atoms with E-state index in [2.05, 4.69) is 28.4 Å². The first-order valence-electron chi connectivity index (χ1n) is 5.97. The molecule has 4 heteroatoms. The maximum Gasteiger partial charge on any atom is 0.160 e. The Bertz CT molecular complexity index is 571. The molecule has 1 aliphatic carbocycles. The zero-order valence-electron chi connectivity index (χ0n) is 10.3. The van der Waals surface area contributed by atoms with Crippen LogP contribution in [-0.4, -0.2) is 14.5 Å². The van der Waals surface area contributed by atoms with E-state index in [9.17, 15) is 0 Å². The lowest BCUT2D eigenvalue weighted by Gasteiger charge is -2.11. The molecule has 2 unspecified atom stereocenters. The lowest BCUT2D eigenvalue weighted by Crippen LogP contribution is -2.06.